The van der Waals surface area contributed by atoms with Crippen LogP contribution in [-0.4, -0.2) is 37.9 Å². The first-order valence-corrected chi connectivity index (χ1v) is 7.66. The third kappa shape index (κ3) is 2.39. The minimum Gasteiger partial charge on any atom is -0.303 e. The lowest BCUT2D eigenvalue weighted by Crippen LogP contribution is -2.19. The highest BCUT2D eigenvalue weighted by Crippen LogP contribution is 2.19. The summed E-state index contributed by atoms with van der Waals surface area (Å²) >= 11 is 0. The fourth-order valence-corrected chi connectivity index (χ4v) is 2.34. The van der Waals surface area contributed by atoms with E-state index in [2.05, 4.69) is 10.2 Å². The summed E-state index contributed by atoms with van der Waals surface area (Å²) in [7, 11) is -6.02. The average molecular weight is 268 g/mol. The molecule has 1 unspecified atom stereocenters. The lowest BCUT2D eigenvalue weighted by molar-refractivity contribution is 0.571. The summed E-state index contributed by atoms with van der Waals surface area (Å²) in [5.74, 6) is 0.0338. The van der Waals surface area contributed by atoms with Crippen molar-refractivity contribution < 1.29 is 16.8 Å². The molecule has 1 rings (SSSR count). The molecule has 0 amide bonds. The fourth-order valence-electron chi connectivity index (χ4n) is 1.12. The summed E-state index contributed by atoms with van der Waals surface area (Å²) in [5.41, 5.74) is 0. The maximum atomic E-state index is 11.3. The van der Waals surface area contributed by atoms with Gasteiger partial charge in [0.15, 0.2) is 15.7 Å². The summed E-state index contributed by atoms with van der Waals surface area (Å²) < 4.78 is 45.7. The largest absolute Gasteiger partial charge is 0.303 e. The second kappa shape index (κ2) is 3.79. The molecule has 0 aliphatic rings. The first-order valence-electron chi connectivity index (χ1n) is 4.16. The van der Waals surface area contributed by atoms with E-state index in [-0.39, 0.29) is 5.82 Å². The quantitative estimate of drug-likeness (QED) is 0.716. The van der Waals surface area contributed by atoms with Gasteiger partial charge < -0.3 is 4.57 Å². The molecule has 0 aromatic carbocycles. The van der Waals surface area contributed by atoms with Crippen molar-refractivity contribution in [3.63, 3.8) is 0 Å². The molecule has 1 aromatic heterocycles. The van der Waals surface area contributed by atoms with Crippen LogP contribution in [-0.2, 0) is 26.9 Å². The first kappa shape index (κ1) is 13.1. The fraction of sp³-hybridized carbons (Fsp3) is 0.667. The van der Waals surface area contributed by atoms with Crippen LogP contribution in [0.1, 0.15) is 18.0 Å². The summed E-state index contributed by atoms with van der Waals surface area (Å²) in [6, 6.07) is 0. The number of hydrogen-bond donors (Lipinski definition) is 1. The van der Waals surface area contributed by atoms with E-state index in [9.17, 15) is 16.8 Å². The van der Waals surface area contributed by atoms with E-state index < -0.39 is 30.3 Å². The Hall–Kier alpha value is -1.00. The summed E-state index contributed by atoms with van der Waals surface area (Å²) in [5, 5.41) is 10.4. The van der Waals surface area contributed by atoms with Gasteiger partial charge in [-0.05, 0) is 6.92 Å². The van der Waals surface area contributed by atoms with Gasteiger partial charge in [-0.3, -0.25) is 0 Å². The lowest BCUT2D eigenvalue weighted by atomic mass is 10.4. The maximum Gasteiger partial charge on any atom is 0.273 e. The van der Waals surface area contributed by atoms with Crippen molar-refractivity contribution in [2.75, 3.05) is 6.26 Å². The number of sulfone groups is 1. The molecular formula is C6H12N4O4S2. The lowest BCUT2D eigenvalue weighted by Gasteiger charge is -2.08. The van der Waals surface area contributed by atoms with Crippen LogP contribution >= 0.6 is 0 Å². The van der Waals surface area contributed by atoms with Gasteiger partial charge in [-0.25, -0.2) is 22.0 Å². The molecule has 1 heterocycles. The Labute approximate surface area is 93.4 Å². The van der Waals surface area contributed by atoms with E-state index in [1.165, 1.54) is 14.0 Å². The average Bonchev–Trinajstić information content (AvgIpc) is 2.42. The smallest absolute Gasteiger partial charge is 0.273 e. The van der Waals surface area contributed by atoms with Gasteiger partial charge >= 0.3 is 0 Å². The van der Waals surface area contributed by atoms with Crippen LogP contribution in [0.2, 0.25) is 0 Å². The second-order valence-corrected chi connectivity index (χ2v) is 7.24. The van der Waals surface area contributed by atoms with Gasteiger partial charge in [0.25, 0.3) is 15.2 Å². The molecule has 0 radical (unpaired) electrons. The SMILES string of the molecule is CC(c1nnc(S(N)(=O)=O)n1C)S(C)(=O)=O. The molecule has 8 nitrogen and oxygen atoms in total. The minimum atomic E-state index is -4.00. The zero-order valence-corrected chi connectivity index (χ0v) is 10.6. The van der Waals surface area contributed by atoms with Crippen molar-refractivity contribution in [3.05, 3.63) is 5.82 Å². The number of primary sulfonamides is 1. The highest BCUT2D eigenvalue weighted by atomic mass is 32.2. The Kier molecular flexibility index (Phi) is 3.09. The maximum absolute atomic E-state index is 11.3. The second-order valence-electron chi connectivity index (χ2n) is 3.42. The molecule has 1 atom stereocenters. The highest BCUT2D eigenvalue weighted by Gasteiger charge is 2.26. The summed E-state index contributed by atoms with van der Waals surface area (Å²) in [6.07, 6.45) is 1.03. The predicted molar refractivity (Wildman–Crippen MR) is 55.6 cm³/mol. The zero-order valence-electron chi connectivity index (χ0n) is 8.95. The van der Waals surface area contributed by atoms with Gasteiger partial charge in [-0.15, -0.1) is 10.2 Å². The zero-order chi connectivity index (χ0) is 12.7. The van der Waals surface area contributed by atoms with Crippen molar-refractivity contribution in [2.45, 2.75) is 17.3 Å². The van der Waals surface area contributed by atoms with E-state index in [0.29, 0.717) is 0 Å². The number of nitrogens with zero attached hydrogens (tertiary/aromatic N) is 3. The topological polar surface area (TPSA) is 125 Å². The Morgan fingerprint density at radius 2 is 1.75 bits per heavy atom. The number of aromatic nitrogens is 3. The molecule has 0 aliphatic heterocycles. The Bertz CT molecular complexity index is 600. The summed E-state index contributed by atoms with van der Waals surface area (Å²) in [4.78, 5) is 0. The van der Waals surface area contributed by atoms with Gasteiger partial charge in [0.1, 0.15) is 5.25 Å². The monoisotopic (exact) mass is 268 g/mol. The molecule has 16 heavy (non-hydrogen) atoms. The van der Waals surface area contributed by atoms with Crippen molar-refractivity contribution in [1.82, 2.24) is 14.8 Å². The number of hydrogen-bond acceptors (Lipinski definition) is 6. The van der Waals surface area contributed by atoms with E-state index in [1.807, 2.05) is 0 Å². The van der Waals surface area contributed by atoms with E-state index in [4.69, 9.17) is 5.14 Å². The van der Waals surface area contributed by atoms with Crippen molar-refractivity contribution in [3.8, 4) is 0 Å². The molecule has 0 saturated heterocycles. The van der Waals surface area contributed by atoms with E-state index in [1.54, 1.807) is 0 Å². The van der Waals surface area contributed by atoms with Crippen LogP contribution in [0.15, 0.2) is 5.16 Å². The van der Waals surface area contributed by atoms with Gasteiger partial charge in [-0.2, -0.15) is 0 Å². The van der Waals surface area contributed by atoms with Crippen LogP contribution in [0.4, 0.5) is 0 Å². The van der Waals surface area contributed by atoms with Crippen LogP contribution in [0.5, 0.6) is 0 Å². The highest BCUT2D eigenvalue weighted by molar-refractivity contribution is 7.90. The van der Waals surface area contributed by atoms with Crippen molar-refractivity contribution >= 4 is 19.9 Å². The van der Waals surface area contributed by atoms with Gasteiger partial charge in [0, 0.05) is 13.3 Å². The molecular weight excluding hydrogens is 256 g/mol. The van der Waals surface area contributed by atoms with Crippen LogP contribution in [0.3, 0.4) is 0 Å². The Balaban J connectivity index is 3.37. The third-order valence-electron chi connectivity index (χ3n) is 2.13. The van der Waals surface area contributed by atoms with E-state index >= 15 is 0 Å². The molecule has 0 bridgehead atoms. The minimum absolute atomic E-state index is 0.0338. The predicted octanol–water partition coefficient (Wildman–Crippen LogP) is -1.43. The molecule has 10 heteroatoms. The number of nitrogens with two attached hydrogens (primary N) is 1. The molecule has 1 aromatic rings. The van der Waals surface area contributed by atoms with Crippen molar-refractivity contribution in [1.29, 1.82) is 0 Å². The molecule has 0 saturated carbocycles. The molecule has 2 N–H and O–H groups in total. The van der Waals surface area contributed by atoms with Crippen molar-refractivity contribution in [2.24, 2.45) is 12.2 Å². The van der Waals surface area contributed by atoms with Gasteiger partial charge in [0.05, 0.1) is 0 Å². The van der Waals surface area contributed by atoms with Crippen LogP contribution in [0.25, 0.3) is 0 Å². The normalized spacial score (nSPS) is 15.0. The number of rotatable bonds is 3. The first-order chi connectivity index (χ1) is 7.05. The third-order valence-corrected chi connectivity index (χ3v) is 4.49. The van der Waals surface area contributed by atoms with Crippen LogP contribution < -0.4 is 5.14 Å². The molecule has 92 valence electrons. The Morgan fingerprint density at radius 3 is 2.06 bits per heavy atom. The molecule has 0 aliphatic carbocycles. The van der Waals surface area contributed by atoms with E-state index in [0.717, 1.165) is 10.8 Å². The Morgan fingerprint density at radius 1 is 1.25 bits per heavy atom. The van der Waals surface area contributed by atoms with Crippen LogP contribution in [0, 0.1) is 0 Å². The molecule has 0 fully saturated rings. The number of sulfonamides is 1. The standard InChI is InChI=1S/C6H12N4O4S2/c1-4(15(3,11)12)5-8-9-6(10(5)2)16(7,13)14/h4H,1-3H3,(H2,7,13,14). The van der Waals surface area contributed by atoms with Gasteiger partial charge in [-0.1, -0.05) is 0 Å². The summed E-state index contributed by atoms with van der Waals surface area (Å²) in [6.45, 7) is 1.40. The molecule has 0 spiro atoms. The van der Waals surface area contributed by atoms with Gasteiger partial charge in [0.2, 0.25) is 0 Å².